The third kappa shape index (κ3) is 5.38. The Morgan fingerprint density at radius 2 is 1.11 bits per heavy atom. The van der Waals surface area contributed by atoms with Crippen LogP contribution < -0.4 is 30.0 Å². The van der Waals surface area contributed by atoms with E-state index in [1.807, 2.05) is 0 Å². The molecule has 3 aromatic rings. The van der Waals surface area contributed by atoms with E-state index in [9.17, 15) is 4.79 Å². The number of halogens is 1. The summed E-state index contributed by atoms with van der Waals surface area (Å²) in [4.78, 5) is 11.4. The van der Waals surface area contributed by atoms with E-state index < -0.39 is 13.6 Å². The van der Waals surface area contributed by atoms with Crippen molar-refractivity contribution in [3.05, 3.63) is 91.0 Å². The molecule has 3 aromatic carbocycles. The zero-order valence-electron chi connectivity index (χ0n) is 15.4. The molecule has 0 heterocycles. The van der Waals surface area contributed by atoms with Gasteiger partial charge < -0.3 is 17.0 Å². The minimum Gasteiger partial charge on any atom is -1.00 e. The van der Waals surface area contributed by atoms with Gasteiger partial charge in [-0.05, 0) is 0 Å². The fourth-order valence-electron chi connectivity index (χ4n) is 3.40. The molecular weight excluding hydrogens is 479 g/mol. The number of rotatable bonds is 7. The Morgan fingerprint density at radius 1 is 0.741 bits per heavy atom. The van der Waals surface area contributed by atoms with E-state index in [2.05, 4.69) is 91.0 Å². The molecule has 0 aromatic heterocycles. The van der Waals surface area contributed by atoms with E-state index in [0.29, 0.717) is 0 Å². The summed E-state index contributed by atoms with van der Waals surface area (Å²) < 4.78 is 4.41. The van der Waals surface area contributed by atoms with Gasteiger partial charge in [-0.2, -0.15) is 0 Å². The molecule has 3 rings (SSSR count). The summed E-state index contributed by atoms with van der Waals surface area (Å²) in [7, 11) is 0. The molecule has 0 fully saturated rings. The van der Waals surface area contributed by atoms with Crippen LogP contribution in [-0.4, -0.2) is 24.4 Å². The molecule has 0 radical (unpaired) electrons. The molecule has 0 amide bonds. The third-order valence-electron chi connectivity index (χ3n) is 4.53. The second-order valence-electron chi connectivity index (χ2n) is 6.23. The van der Waals surface area contributed by atoms with Gasteiger partial charge in [-0.3, -0.25) is 0 Å². The fraction of sp³-hybridized carbons (Fsp3) is 0.174. The van der Waals surface area contributed by atoms with Gasteiger partial charge in [0.05, 0.1) is 0 Å². The largest absolute Gasteiger partial charge is 1.00 e. The number of benzene rings is 3. The van der Waals surface area contributed by atoms with Crippen LogP contribution in [0.5, 0.6) is 0 Å². The minimum absolute atomic E-state index is 0. The average molecular weight is 503 g/mol. The quantitative estimate of drug-likeness (QED) is 0.351. The standard InChI is InChI=1S/C23H24AsOS.BrH/c1-20(25)26-19-11-18-24(21-12-5-2-6-13-21,22-14-7-3-8-15-22)23-16-9-4-10-17-23;/h2-10,12-17H,11,18-19H2,1H3;1H/q+1;/p-1. The topological polar surface area (TPSA) is 17.1 Å². The first-order valence-corrected chi connectivity index (χ1v) is 14.0. The summed E-state index contributed by atoms with van der Waals surface area (Å²) in [5, 5.41) is 1.34. The molecule has 27 heavy (non-hydrogen) atoms. The summed E-state index contributed by atoms with van der Waals surface area (Å²) in [5.41, 5.74) is 0. The predicted molar refractivity (Wildman–Crippen MR) is 117 cm³/mol. The van der Waals surface area contributed by atoms with Crippen LogP contribution in [0, 0.1) is 0 Å². The normalized spacial score (nSPS) is 10.9. The number of carbonyl (C=O) groups is 1. The van der Waals surface area contributed by atoms with Gasteiger partial charge in [0.2, 0.25) is 0 Å². The van der Waals surface area contributed by atoms with Crippen LogP contribution in [0.15, 0.2) is 91.0 Å². The molecular formula is C23H24AsBrOS. The summed E-state index contributed by atoms with van der Waals surface area (Å²) in [6.07, 6.45) is 1.05. The maximum absolute atomic E-state index is 11.4. The van der Waals surface area contributed by atoms with E-state index in [1.54, 1.807) is 6.92 Å². The van der Waals surface area contributed by atoms with Gasteiger partial charge >= 0.3 is 164 Å². The Labute approximate surface area is 179 Å². The summed E-state index contributed by atoms with van der Waals surface area (Å²) in [6.45, 7) is 1.66. The maximum atomic E-state index is 11.4. The second-order valence-corrected chi connectivity index (χ2v) is 15.1. The maximum Gasteiger partial charge on any atom is -1.00 e. The number of carbonyl (C=O) groups excluding carboxylic acids is 1. The molecule has 0 N–H and O–H groups in total. The molecule has 0 saturated carbocycles. The molecule has 4 heteroatoms. The molecule has 0 aliphatic heterocycles. The van der Waals surface area contributed by atoms with Crippen LogP contribution in [0.25, 0.3) is 0 Å². The number of hydrogen-bond donors (Lipinski definition) is 0. The molecule has 0 atom stereocenters. The Kier molecular flexibility index (Phi) is 8.89. The summed E-state index contributed by atoms with van der Waals surface area (Å²) >= 11 is -1.13. The SMILES string of the molecule is CC(=O)SCCC[As+](c1ccccc1)(c1ccccc1)c1ccccc1.[Br-]. The van der Waals surface area contributed by atoms with Gasteiger partial charge in [-0.25, -0.2) is 0 Å². The first-order valence-electron chi connectivity index (χ1n) is 8.92. The van der Waals surface area contributed by atoms with Gasteiger partial charge in [0.15, 0.2) is 0 Å². The monoisotopic (exact) mass is 502 g/mol. The Bertz CT molecular complexity index is 728. The Hall–Kier alpha value is -1.28. The second kappa shape index (κ2) is 10.9. The van der Waals surface area contributed by atoms with Crippen molar-refractivity contribution in [3.63, 3.8) is 0 Å². The van der Waals surface area contributed by atoms with Gasteiger partial charge in [-0.1, -0.05) is 0 Å². The van der Waals surface area contributed by atoms with Crippen LogP contribution in [0.4, 0.5) is 0 Å². The molecule has 1 nitrogen and oxygen atoms in total. The van der Waals surface area contributed by atoms with Gasteiger partial charge in [-0.15, -0.1) is 0 Å². The number of hydrogen-bond acceptors (Lipinski definition) is 2. The molecule has 140 valence electrons. The van der Waals surface area contributed by atoms with Crippen LogP contribution in [0.2, 0.25) is 5.21 Å². The Morgan fingerprint density at radius 3 is 1.44 bits per heavy atom. The van der Waals surface area contributed by atoms with E-state index in [-0.39, 0.29) is 22.1 Å². The van der Waals surface area contributed by atoms with Crippen molar-refractivity contribution in [2.75, 3.05) is 5.75 Å². The summed E-state index contributed by atoms with van der Waals surface area (Å²) in [6, 6.07) is 33.0. The first kappa shape index (κ1) is 22.0. The first-order chi connectivity index (χ1) is 12.7. The molecule has 0 aliphatic carbocycles. The van der Waals surface area contributed by atoms with Gasteiger partial charge in [0.1, 0.15) is 0 Å². The van der Waals surface area contributed by atoms with Crippen molar-refractivity contribution in [1.29, 1.82) is 0 Å². The third-order valence-corrected chi connectivity index (χ3v) is 14.9. The van der Waals surface area contributed by atoms with E-state index >= 15 is 0 Å². The van der Waals surface area contributed by atoms with E-state index in [1.165, 1.54) is 24.8 Å². The van der Waals surface area contributed by atoms with Crippen molar-refractivity contribution >= 4 is 43.5 Å². The Balaban J connectivity index is 0.00000261. The van der Waals surface area contributed by atoms with Crippen LogP contribution in [0.3, 0.4) is 0 Å². The average Bonchev–Trinajstić information content (AvgIpc) is 2.70. The van der Waals surface area contributed by atoms with Crippen molar-refractivity contribution < 1.29 is 21.8 Å². The summed E-state index contributed by atoms with van der Waals surface area (Å²) in [5.74, 6) is 0.894. The van der Waals surface area contributed by atoms with Crippen LogP contribution in [0.1, 0.15) is 13.3 Å². The molecule has 0 bridgehead atoms. The fourth-order valence-corrected chi connectivity index (χ4v) is 13.6. The molecule has 0 spiro atoms. The molecule has 0 aliphatic rings. The molecule has 0 saturated heterocycles. The van der Waals surface area contributed by atoms with Gasteiger partial charge in [0, 0.05) is 0 Å². The zero-order chi connectivity index (χ0) is 18.2. The molecule has 0 unspecified atom stereocenters. The van der Waals surface area contributed by atoms with Crippen LogP contribution >= 0.6 is 11.8 Å². The van der Waals surface area contributed by atoms with E-state index in [0.717, 1.165) is 17.4 Å². The number of thioether (sulfide) groups is 1. The van der Waals surface area contributed by atoms with Gasteiger partial charge in [0.25, 0.3) is 0 Å². The van der Waals surface area contributed by atoms with Crippen molar-refractivity contribution in [1.82, 2.24) is 0 Å². The zero-order valence-corrected chi connectivity index (χ0v) is 19.7. The van der Waals surface area contributed by atoms with Crippen molar-refractivity contribution in [3.8, 4) is 0 Å². The van der Waals surface area contributed by atoms with Crippen LogP contribution in [-0.2, 0) is 4.79 Å². The van der Waals surface area contributed by atoms with Crippen molar-refractivity contribution in [2.24, 2.45) is 0 Å². The predicted octanol–water partition coefficient (Wildman–Crippen LogP) is 0.831. The van der Waals surface area contributed by atoms with Crippen molar-refractivity contribution in [2.45, 2.75) is 18.6 Å². The smallest absolute Gasteiger partial charge is 1.00 e. The van der Waals surface area contributed by atoms with E-state index in [4.69, 9.17) is 0 Å². The minimum atomic E-state index is -2.57.